The molecule has 7 nitrogen and oxygen atoms in total. The van der Waals surface area contributed by atoms with Gasteiger partial charge in [0.1, 0.15) is 6.54 Å². The topological polar surface area (TPSA) is 77.1 Å². The number of aryl methyl sites for hydroxylation is 1. The number of fused-ring (bicyclic) bond motifs is 1. The van der Waals surface area contributed by atoms with Crippen LogP contribution in [-0.4, -0.2) is 39.7 Å². The number of carbonyl (C=O) groups excluding carboxylic acids is 2. The van der Waals surface area contributed by atoms with Gasteiger partial charge >= 0.3 is 0 Å². The highest BCUT2D eigenvalue weighted by Crippen LogP contribution is 2.49. The Kier molecular flexibility index (Phi) is 7.74. The summed E-state index contributed by atoms with van der Waals surface area (Å²) < 4.78 is 16.5. The first kappa shape index (κ1) is 25.4. The maximum absolute atomic E-state index is 13.5. The average molecular weight is 507 g/mol. The van der Waals surface area contributed by atoms with Crippen LogP contribution in [0.4, 0.5) is 11.4 Å². The minimum atomic E-state index is -0.247. The second-order valence-electron chi connectivity index (χ2n) is 8.51. The molecule has 0 saturated carbocycles. The molecule has 0 saturated heterocycles. The van der Waals surface area contributed by atoms with Crippen LogP contribution in [0.5, 0.6) is 17.2 Å². The molecule has 1 aliphatic heterocycles. The third-order valence-electron chi connectivity index (χ3n) is 6.33. The highest BCUT2D eigenvalue weighted by Gasteiger charge is 2.31. The summed E-state index contributed by atoms with van der Waals surface area (Å²) in [7, 11) is 4.69. The van der Waals surface area contributed by atoms with E-state index < -0.39 is 0 Å². The van der Waals surface area contributed by atoms with E-state index in [1.807, 2.05) is 68.4 Å². The van der Waals surface area contributed by atoms with Gasteiger partial charge in [0, 0.05) is 22.3 Å². The minimum Gasteiger partial charge on any atom is -0.493 e. The first-order valence-corrected chi connectivity index (χ1v) is 12.5. The lowest BCUT2D eigenvalue weighted by Crippen LogP contribution is -2.38. The number of nitrogens with one attached hydrogen (secondary N) is 1. The standard InChI is InChI=1S/C28H30N2O5S/c1-17-9-8-10-20(18(17)2)29-26(31)16-30-21-11-6-7-12-24(21)36-25(15-27(30)32)19-13-22(33-3)28(35-5)23(14-19)34-4/h6-14,25H,15-16H2,1-5H3,(H,29,31)/t25-/m1/s1. The zero-order chi connectivity index (χ0) is 25.8. The summed E-state index contributed by atoms with van der Waals surface area (Å²) in [5.74, 6) is 1.17. The minimum absolute atomic E-state index is 0.0776. The van der Waals surface area contributed by atoms with Crippen molar-refractivity contribution < 1.29 is 23.8 Å². The van der Waals surface area contributed by atoms with Crippen LogP contribution in [0.3, 0.4) is 0 Å². The van der Waals surface area contributed by atoms with Crippen molar-refractivity contribution in [2.24, 2.45) is 0 Å². The fraction of sp³-hybridized carbons (Fsp3) is 0.286. The fourth-order valence-corrected chi connectivity index (χ4v) is 5.50. The zero-order valence-electron chi connectivity index (χ0n) is 21.1. The van der Waals surface area contributed by atoms with Gasteiger partial charge in [-0.2, -0.15) is 0 Å². The molecule has 3 aromatic rings. The molecule has 0 aliphatic carbocycles. The number of anilines is 2. The number of thioether (sulfide) groups is 1. The highest BCUT2D eigenvalue weighted by atomic mass is 32.2. The van der Waals surface area contributed by atoms with Gasteiger partial charge in [0.2, 0.25) is 17.6 Å². The Morgan fingerprint density at radius 3 is 2.36 bits per heavy atom. The molecule has 0 aromatic heterocycles. The van der Waals surface area contributed by atoms with E-state index in [0.29, 0.717) is 17.2 Å². The van der Waals surface area contributed by atoms with Gasteiger partial charge in [0.25, 0.3) is 0 Å². The van der Waals surface area contributed by atoms with Gasteiger partial charge in [-0.3, -0.25) is 9.59 Å². The maximum atomic E-state index is 13.5. The van der Waals surface area contributed by atoms with Crippen molar-refractivity contribution in [2.45, 2.75) is 30.4 Å². The number of hydrogen-bond acceptors (Lipinski definition) is 6. The van der Waals surface area contributed by atoms with Gasteiger partial charge in [-0.25, -0.2) is 0 Å². The van der Waals surface area contributed by atoms with Crippen molar-refractivity contribution in [2.75, 3.05) is 38.1 Å². The Labute approximate surface area is 215 Å². The molecule has 0 spiro atoms. The molecule has 0 radical (unpaired) electrons. The molecule has 1 heterocycles. The predicted octanol–water partition coefficient (Wildman–Crippen LogP) is 5.54. The van der Waals surface area contributed by atoms with Crippen LogP contribution in [0.25, 0.3) is 0 Å². The van der Waals surface area contributed by atoms with E-state index in [0.717, 1.165) is 33.0 Å². The number of methoxy groups -OCH3 is 3. The second kappa shape index (κ2) is 11.0. The number of hydrogen-bond donors (Lipinski definition) is 1. The lowest BCUT2D eigenvalue weighted by atomic mass is 10.1. The van der Waals surface area contributed by atoms with Gasteiger partial charge < -0.3 is 24.4 Å². The molecule has 2 amide bonds. The summed E-state index contributed by atoms with van der Waals surface area (Å²) in [5, 5.41) is 2.76. The SMILES string of the molecule is COc1cc([C@H]2CC(=O)N(CC(=O)Nc3cccc(C)c3C)c3ccccc3S2)cc(OC)c1OC. The summed E-state index contributed by atoms with van der Waals surface area (Å²) in [6.07, 6.45) is 0.203. The van der Waals surface area contributed by atoms with Crippen LogP contribution in [0.1, 0.15) is 28.4 Å². The quantitative estimate of drug-likeness (QED) is 0.454. The summed E-state index contributed by atoms with van der Waals surface area (Å²) in [6, 6.07) is 17.2. The van der Waals surface area contributed by atoms with Crippen molar-refractivity contribution in [1.82, 2.24) is 0 Å². The smallest absolute Gasteiger partial charge is 0.244 e. The molecule has 8 heteroatoms. The van der Waals surface area contributed by atoms with Gasteiger partial charge in [0.05, 0.1) is 27.0 Å². The summed E-state index contributed by atoms with van der Waals surface area (Å²) in [5.41, 5.74) is 4.44. The Morgan fingerprint density at radius 2 is 1.69 bits per heavy atom. The Morgan fingerprint density at radius 1 is 1.00 bits per heavy atom. The number of benzene rings is 3. The number of para-hydroxylation sites is 1. The lowest BCUT2D eigenvalue weighted by Gasteiger charge is -2.22. The first-order valence-electron chi connectivity index (χ1n) is 11.6. The number of carbonyl (C=O) groups is 2. The number of ether oxygens (including phenoxy) is 3. The van der Waals surface area contributed by atoms with Crippen LogP contribution < -0.4 is 24.4 Å². The first-order chi connectivity index (χ1) is 17.4. The molecule has 0 fully saturated rings. The average Bonchev–Trinajstić information content (AvgIpc) is 3.02. The molecule has 1 atom stereocenters. The molecule has 0 bridgehead atoms. The molecule has 188 valence electrons. The van der Waals surface area contributed by atoms with E-state index in [1.165, 1.54) is 0 Å². The molecule has 4 rings (SSSR count). The van der Waals surface area contributed by atoms with E-state index in [1.54, 1.807) is 38.0 Å². The van der Waals surface area contributed by atoms with Gasteiger partial charge in [-0.1, -0.05) is 24.3 Å². The molecule has 1 aliphatic rings. The third kappa shape index (κ3) is 5.14. The monoisotopic (exact) mass is 506 g/mol. The Hall–Kier alpha value is -3.65. The number of rotatable bonds is 7. The zero-order valence-corrected chi connectivity index (χ0v) is 21.9. The van der Waals surface area contributed by atoms with Gasteiger partial charge in [0.15, 0.2) is 11.5 Å². The van der Waals surface area contributed by atoms with Crippen LogP contribution in [0, 0.1) is 13.8 Å². The number of amides is 2. The molecule has 3 aromatic carbocycles. The molecular formula is C28H30N2O5S. The molecule has 1 N–H and O–H groups in total. The van der Waals surface area contributed by atoms with E-state index in [9.17, 15) is 9.59 Å². The van der Waals surface area contributed by atoms with Crippen molar-refractivity contribution in [3.05, 3.63) is 71.3 Å². The van der Waals surface area contributed by atoms with E-state index in [2.05, 4.69) is 5.32 Å². The van der Waals surface area contributed by atoms with Crippen molar-refractivity contribution in [3.63, 3.8) is 0 Å². The van der Waals surface area contributed by atoms with Crippen LogP contribution >= 0.6 is 11.8 Å². The van der Waals surface area contributed by atoms with Crippen LogP contribution in [0.15, 0.2) is 59.5 Å². The summed E-state index contributed by atoms with van der Waals surface area (Å²) >= 11 is 1.58. The lowest BCUT2D eigenvalue weighted by molar-refractivity contribution is -0.121. The van der Waals surface area contributed by atoms with Crippen molar-refractivity contribution in [1.29, 1.82) is 0 Å². The molecular weight excluding hydrogens is 476 g/mol. The third-order valence-corrected chi connectivity index (χ3v) is 7.65. The predicted molar refractivity (Wildman–Crippen MR) is 143 cm³/mol. The molecule has 0 unspecified atom stereocenters. The normalized spacial score (nSPS) is 15.1. The molecule has 36 heavy (non-hydrogen) atoms. The highest BCUT2D eigenvalue weighted by molar-refractivity contribution is 7.99. The van der Waals surface area contributed by atoms with Crippen molar-refractivity contribution in [3.8, 4) is 17.2 Å². The van der Waals surface area contributed by atoms with Crippen LogP contribution in [0.2, 0.25) is 0 Å². The van der Waals surface area contributed by atoms with Crippen LogP contribution in [-0.2, 0) is 9.59 Å². The van der Waals surface area contributed by atoms with Crippen molar-refractivity contribution >= 4 is 35.0 Å². The Bertz CT molecular complexity index is 1270. The summed E-state index contributed by atoms with van der Waals surface area (Å²) in [6.45, 7) is 3.89. The van der Waals surface area contributed by atoms with E-state index in [-0.39, 0.29) is 30.0 Å². The van der Waals surface area contributed by atoms with Gasteiger partial charge in [-0.15, -0.1) is 11.8 Å². The second-order valence-corrected chi connectivity index (χ2v) is 9.76. The van der Waals surface area contributed by atoms with E-state index >= 15 is 0 Å². The van der Waals surface area contributed by atoms with Gasteiger partial charge in [-0.05, 0) is 60.9 Å². The fourth-order valence-electron chi connectivity index (χ4n) is 4.24. The maximum Gasteiger partial charge on any atom is 0.244 e. The summed E-state index contributed by atoms with van der Waals surface area (Å²) in [4.78, 5) is 29.1. The van der Waals surface area contributed by atoms with E-state index in [4.69, 9.17) is 14.2 Å². The largest absolute Gasteiger partial charge is 0.493 e. The number of nitrogens with zero attached hydrogens (tertiary/aromatic N) is 1. The Balaban J connectivity index is 1.64.